The Balaban J connectivity index is 1.64. The summed E-state index contributed by atoms with van der Waals surface area (Å²) in [7, 11) is 3.84. The molecule has 25 heavy (non-hydrogen) atoms. The van der Waals surface area contributed by atoms with Crippen molar-refractivity contribution in [2.45, 2.75) is 6.61 Å². The lowest BCUT2D eigenvalue weighted by Gasteiger charge is -2.12. The second-order valence-electron chi connectivity index (χ2n) is 5.68. The molecule has 3 rings (SSSR count). The zero-order valence-corrected chi connectivity index (χ0v) is 13.9. The van der Waals surface area contributed by atoms with Gasteiger partial charge in [-0.2, -0.15) is 0 Å². The van der Waals surface area contributed by atoms with Gasteiger partial charge in [0.25, 0.3) is 0 Å². The molecule has 0 saturated heterocycles. The van der Waals surface area contributed by atoms with E-state index in [0.717, 1.165) is 5.69 Å². The number of carbonyl (C=O) groups excluding carboxylic acids is 1. The standard InChI is InChI=1S/C19H17FN2O3/c1-22(2)15-9-7-13(8-10-15)19(23)24-12-14-11-18(25-21-14)16-5-3-4-6-17(16)20/h3-11H,12H2,1-2H3. The maximum absolute atomic E-state index is 13.7. The van der Waals surface area contributed by atoms with Crippen molar-refractivity contribution in [3.05, 3.63) is 71.7 Å². The fourth-order valence-corrected chi connectivity index (χ4v) is 2.29. The third kappa shape index (κ3) is 3.85. The van der Waals surface area contributed by atoms with E-state index in [2.05, 4.69) is 5.16 Å². The highest BCUT2D eigenvalue weighted by Gasteiger charge is 2.13. The van der Waals surface area contributed by atoms with Crippen LogP contribution in [0.5, 0.6) is 0 Å². The van der Waals surface area contributed by atoms with Crippen LogP contribution >= 0.6 is 0 Å². The Bertz CT molecular complexity index is 872. The average Bonchev–Trinajstić information content (AvgIpc) is 3.09. The Labute approximate surface area is 144 Å². The second-order valence-corrected chi connectivity index (χ2v) is 5.68. The zero-order valence-electron chi connectivity index (χ0n) is 13.9. The molecule has 0 aliphatic rings. The zero-order chi connectivity index (χ0) is 17.8. The van der Waals surface area contributed by atoms with Gasteiger partial charge in [-0.3, -0.25) is 0 Å². The minimum Gasteiger partial charge on any atom is -0.455 e. The van der Waals surface area contributed by atoms with E-state index in [9.17, 15) is 9.18 Å². The SMILES string of the molecule is CN(C)c1ccc(C(=O)OCc2cc(-c3ccccc3F)on2)cc1. The molecule has 3 aromatic rings. The average molecular weight is 340 g/mol. The number of aromatic nitrogens is 1. The van der Waals surface area contributed by atoms with Gasteiger partial charge < -0.3 is 14.2 Å². The molecule has 0 atom stereocenters. The Hall–Kier alpha value is -3.15. The van der Waals surface area contributed by atoms with E-state index in [4.69, 9.17) is 9.26 Å². The minimum atomic E-state index is -0.458. The first-order valence-corrected chi connectivity index (χ1v) is 7.69. The molecule has 1 aromatic heterocycles. The highest BCUT2D eigenvalue weighted by Crippen LogP contribution is 2.23. The van der Waals surface area contributed by atoms with Crippen LogP contribution in [0.1, 0.15) is 16.1 Å². The summed E-state index contributed by atoms with van der Waals surface area (Å²) in [6, 6.07) is 14.9. The lowest BCUT2D eigenvalue weighted by atomic mass is 10.1. The van der Waals surface area contributed by atoms with E-state index in [1.807, 2.05) is 31.1 Å². The van der Waals surface area contributed by atoms with Crippen molar-refractivity contribution in [3.63, 3.8) is 0 Å². The van der Waals surface area contributed by atoms with Crippen molar-refractivity contribution in [1.82, 2.24) is 5.16 Å². The Morgan fingerprint density at radius 2 is 1.88 bits per heavy atom. The van der Waals surface area contributed by atoms with Gasteiger partial charge in [-0.05, 0) is 36.4 Å². The Morgan fingerprint density at radius 1 is 1.16 bits per heavy atom. The second kappa shape index (κ2) is 7.17. The van der Waals surface area contributed by atoms with E-state index in [1.54, 1.807) is 36.4 Å². The number of hydrogen-bond acceptors (Lipinski definition) is 5. The van der Waals surface area contributed by atoms with Crippen molar-refractivity contribution >= 4 is 11.7 Å². The molecule has 0 bridgehead atoms. The molecule has 2 aromatic carbocycles. The Kier molecular flexibility index (Phi) is 4.79. The topological polar surface area (TPSA) is 55.6 Å². The van der Waals surface area contributed by atoms with Crippen molar-refractivity contribution in [2.24, 2.45) is 0 Å². The summed E-state index contributed by atoms with van der Waals surface area (Å²) in [6.07, 6.45) is 0. The third-order valence-corrected chi connectivity index (χ3v) is 3.67. The summed E-state index contributed by atoms with van der Waals surface area (Å²) in [5.74, 6) is -0.566. The third-order valence-electron chi connectivity index (χ3n) is 3.67. The highest BCUT2D eigenvalue weighted by atomic mass is 19.1. The van der Waals surface area contributed by atoms with Crippen LogP contribution < -0.4 is 4.90 Å². The van der Waals surface area contributed by atoms with Crippen molar-refractivity contribution in [3.8, 4) is 11.3 Å². The molecule has 0 saturated carbocycles. The summed E-state index contributed by atoms with van der Waals surface area (Å²) in [5, 5.41) is 3.81. The number of rotatable bonds is 5. The predicted octanol–water partition coefficient (Wildman–Crippen LogP) is 3.90. The van der Waals surface area contributed by atoms with Crippen LogP contribution in [0, 0.1) is 5.82 Å². The number of benzene rings is 2. The first-order valence-electron chi connectivity index (χ1n) is 7.69. The molecule has 0 fully saturated rings. The van der Waals surface area contributed by atoms with Crippen LogP contribution in [0.25, 0.3) is 11.3 Å². The molecule has 6 heteroatoms. The number of halogens is 1. The lowest BCUT2D eigenvalue weighted by Crippen LogP contribution is -2.09. The molecule has 0 spiro atoms. The summed E-state index contributed by atoms with van der Waals surface area (Å²) >= 11 is 0. The number of anilines is 1. The van der Waals surface area contributed by atoms with Crippen LogP contribution in [-0.2, 0) is 11.3 Å². The summed E-state index contributed by atoms with van der Waals surface area (Å²) < 4.78 is 24.1. The maximum Gasteiger partial charge on any atom is 0.338 e. The van der Waals surface area contributed by atoms with Gasteiger partial charge in [0.2, 0.25) is 0 Å². The first-order chi connectivity index (χ1) is 12.0. The molecule has 0 aliphatic heterocycles. The van der Waals surface area contributed by atoms with Gasteiger partial charge in [0, 0.05) is 25.8 Å². The molecule has 0 radical (unpaired) electrons. The molecule has 128 valence electrons. The van der Waals surface area contributed by atoms with Crippen LogP contribution in [0.2, 0.25) is 0 Å². The van der Waals surface area contributed by atoms with E-state index in [-0.39, 0.29) is 6.61 Å². The molecule has 0 aliphatic carbocycles. The van der Waals surface area contributed by atoms with Crippen LogP contribution in [0.4, 0.5) is 10.1 Å². The monoisotopic (exact) mass is 340 g/mol. The van der Waals surface area contributed by atoms with Crippen molar-refractivity contribution in [2.75, 3.05) is 19.0 Å². The number of ether oxygens (including phenoxy) is 1. The number of carbonyl (C=O) groups is 1. The van der Waals surface area contributed by atoms with Crippen molar-refractivity contribution in [1.29, 1.82) is 0 Å². The number of esters is 1. The number of nitrogens with zero attached hydrogens (tertiary/aromatic N) is 2. The largest absolute Gasteiger partial charge is 0.455 e. The van der Waals surface area contributed by atoms with E-state index in [0.29, 0.717) is 22.6 Å². The van der Waals surface area contributed by atoms with Crippen molar-refractivity contribution < 1.29 is 18.4 Å². The fourth-order valence-electron chi connectivity index (χ4n) is 2.29. The minimum absolute atomic E-state index is 0.0494. The van der Waals surface area contributed by atoms with Crippen LogP contribution in [0.15, 0.2) is 59.1 Å². The summed E-state index contributed by atoms with van der Waals surface area (Å²) in [4.78, 5) is 14.0. The molecule has 0 unspecified atom stereocenters. The van der Waals surface area contributed by atoms with Gasteiger partial charge in [-0.25, -0.2) is 9.18 Å². The molecule has 5 nitrogen and oxygen atoms in total. The van der Waals surface area contributed by atoms with Gasteiger partial charge >= 0.3 is 5.97 Å². The molecular weight excluding hydrogens is 323 g/mol. The Morgan fingerprint density at radius 3 is 2.56 bits per heavy atom. The normalized spacial score (nSPS) is 10.5. The van der Waals surface area contributed by atoms with Gasteiger partial charge in [-0.15, -0.1) is 0 Å². The summed E-state index contributed by atoms with van der Waals surface area (Å²) in [6.45, 7) is -0.0494. The van der Waals surface area contributed by atoms with E-state index in [1.165, 1.54) is 6.07 Å². The first kappa shape index (κ1) is 16.7. The van der Waals surface area contributed by atoms with Crippen LogP contribution in [0.3, 0.4) is 0 Å². The molecular formula is C19H17FN2O3. The molecule has 0 amide bonds. The molecule has 1 heterocycles. The highest BCUT2D eigenvalue weighted by molar-refractivity contribution is 5.89. The van der Waals surface area contributed by atoms with Gasteiger partial charge in [0.05, 0.1) is 11.1 Å². The summed E-state index contributed by atoms with van der Waals surface area (Å²) in [5.41, 5.74) is 2.16. The van der Waals surface area contributed by atoms with E-state index < -0.39 is 11.8 Å². The van der Waals surface area contributed by atoms with Gasteiger partial charge in [0.1, 0.15) is 18.1 Å². The lowest BCUT2D eigenvalue weighted by molar-refractivity contribution is 0.0464. The maximum atomic E-state index is 13.7. The smallest absolute Gasteiger partial charge is 0.338 e. The fraction of sp³-hybridized carbons (Fsp3) is 0.158. The molecule has 0 N–H and O–H groups in total. The van der Waals surface area contributed by atoms with E-state index >= 15 is 0 Å². The number of hydrogen-bond donors (Lipinski definition) is 0. The van der Waals surface area contributed by atoms with Crippen LogP contribution in [-0.4, -0.2) is 25.2 Å². The van der Waals surface area contributed by atoms with Gasteiger partial charge in [0.15, 0.2) is 5.76 Å². The quantitative estimate of drug-likeness (QED) is 0.659. The predicted molar refractivity (Wildman–Crippen MR) is 91.8 cm³/mol. The van der Waals surface area contributed by atoms with Gasteiger partial charge in [-0.1, -0.05) is 17.3 Å².